The van der Waals surface area contributed by atoms with Crippen LogP contribution >= 0.6 is 11.6 Å². The predicted octanol–water partition coefficient (Wildman–Crippen LogP) is 4.00. The highest BCUT2D eigenvalue weighted by Gasteiger charge is 2.10. The molecular formula is C14H12ClF2N. The van der Waals surface area contributed by atoms with Gasteiger partial charge in [0, 0.05) is 17.1 Å². The first-order chi connectivity index (χ1) is 8.61. The normalized spacial score (nSPS) is 10.7. The molecular weight excluding hydrogens is 256 g/mol. The lowest BCUT2D eigenvalue weighted by Gasteiger charge is -2.11. The van der Waals surface area contributed by atoms with Crippen molar-refractivity contribution in [3.05, 3.63) is 58.6 Å². The summed E-state index contributed by atoms with van der Waals surface area (Å²) in [5.74, 6) is -0.689. The van der Waals surface area contributed by atoms with Crippen LogP contribution in [0.3, 0.4) is 0 Å². The lowest BCUT2D eigenvalue weighted by atomic mass is 9.99. The van der Waals surface area contributed by atoms with Crippen LogP contribution in [0.1, 0.15) is 5.56 Å². The van der Waals surface area contributed by atoms with Crippen molar-refractivity contribution in [3.8, 4) is 11.1 Å². The molecule has 0 radical (unpaired) electrons. The highest BCUT2D eigenvalue weighted by atomic mass is 35.5. The van der Waals surface area contributed by atoms with Crippen molar-refractivity contribution in [2.24, 2.45) is 0 Å². The second-order valence-electron chi connectivity index (χ2n) is 3.96. The first-order valence-electron chi connectivity index (χ1n) is 5.50. The van der Waals surface area contributed by atoms with E-state index in [1.165, 1.54) is 30.3 Å². The molecule has 0 aliphatic heterocycles. The van der Waals surface area contributed by atoms with Crippen molar-refractivity contribution in [2.45, 2.75) is 6.54 Å². The molecule has 0 bridgehead atoms. The Morgan fingerprint density at radius 3 is 2.39 bits per heavy atom. The lowest BCUT2D eigenvalue weighted by molar-refractivity contribution is 0.624. The van der Waals surface area contributed by atoms with E-state index in [9.17, 15) is 8.78 Å². The number of benzene rings is 2. The molecule has 2 rings (SSSR count). The molecule has 4 heteroatoms. The molecule has 0 amide bonds. The van der Waals surface area contributed by atoms with E-state index in [1.54, 1.807) is 13.1 Å². The zero-order valence-electron chi connectivity index (χ0n) is 9.81. The maximum atomic E-state index is 13.3. The van der Waals surface area contributed by atoms with E-state index >= 15 is 0 Å². The second-order valence-corrected chi connectivity index (χ2v) is 4.36. The van der Waals surface area contributed by atoms with Crippen LogP contribution < -0.4 is 5.32 Å². The minimum atomic E-state index is -0.367. The molecule has 0 unspecified atom stereocenters. The third kappa shape index (κ3) is 2.68. The van der Waals surface area contributed by atoms with E-state index in [0.29, 0.717) is 17.1 Å². The summed E-state index contributed by atoms with van der Waals surface area (Å²) in [6, 6.07) is 8.53. The Morgan fingerprint density at radius 2 is 1.67 bits per heavy atom. The molecule has 1 nitrogen and oxygen atoms in total. The first-order valence-corrected chi connectivity index (χ1v) is 5.88. The van der Waals surface area contributed by atoms with Crippen LogP contribution in [-0.4, -0.2) is 7.05 Å². The van der Waals surface area contributed by atoms with Gasteiger partial charge in [-0.3, -0.25) is 0 Å². The SMILES string of the molecule is CNCc1cc(F)ccc1-c1cc(F)ccc1Cl. The first kappa shape index (κ1) is 13.0. The summed E-state index contributed by atoms with van der Waals surface area (Å²) in [5, 5.41) is 3.40. The predicted molar refractivity (Wildman–Crippen MR) is 69.6 cm³/mol. The highest BCUT2D eigenvalue weighted by Crippen LogP contribution is 2.31. The van der Waals surface area contributed by atoms with Crippen molar-refractivity contribution in [1.29, 1.82) is 0 Å². The van der Waals surface area contributed by atoms with Gasteiger partial charge in [0.25, 0.3) is 0 Å². The smallest absolute Gasteiger partial charge is 0.123 e. The number of halogens is 3. The monoisotopic (exact) mass is 267 g/mol. The van der Waals surface area contributed by atoms with Gasteiger partial charge >= 0.3 is 0 Å². The van der Waals surface area contributed by atoms with E-state index in [4.69, 9.17) is 11.6 Å². The molecule has 0 atom stereocenters. The molecule has 0 aliphatic carbocycles. The maximum Gasteiger partial charge on any atom is 0.123 e. The number of hydrogen-bond acceptors (Lipinski definition) is 1. The molecule has 0 aliphatic rings. The van der Waals surface area contributed by atoms with Crippen LogP contribution in [0, 0.1) is 11.6 Å². The summed E-state index contributed by atoms with van der Waals surface area (Å²) in [5.41, 5.74) is 2.04. The largest absolute Gasteiger partial charge is 0.316 e. The van der Waals surface area contributed by atoms with Gasteiger partial charge in [-0.15, -0.1) is 0 Å². The zero-order chi connectivity index (χ0) is 13.1. The zero-order valence-corrected chi connectivity index (χ0v) is 10.6. The molecule has 0 heterocycles. The molecule has 0 aromatic heterocycles. The fraction of sp³-hybridized carbons (Fsp3) is 0.143. The molecule has 0 fully saturated rings. The summed E-state index contributed by atoms with van der Waals surface area (Å²) in [6.07, 6.45) is 0. The summed E-state index contributed by atoms with van der Waals surface area (Å²) < 4.78 is 26.5. The third-order valence-electron chi connectivity index (χ3n) is 2.65. The van der Waals surface area contributed by atoms with Crippen molar-refractivity contribution in [3.63, 3.8) is 0 Å². The lowest BCUT2D eigenvalue weighted by Crippen LogP contribution is -2.07. The minimum absolute atomic E-state index is 0.323. The van der Waals surface area contributed by atoms with Crippen molar-refractivity contribution >= 4 is 11.6 Å². The Hall–Kier alpha value is -1.45. The van der Waals surface area contributed by atoms with Crippen LogP contribution in [0.2, 0.25) is 5.02 Å². The summed E-state index contributed by atoms with van der Waals surface area (Å²) in [4.78, 5) is 0. The van der Waals surface area contributed by atoms with Gasteiger partial charge in [0.1, 0.15) is 11.6 Å². The third-order valence-corrected chi connectivity index (χ3v) is 2.98. The number of nitrogens with one attached hydrogen (secondary N) is 1. The molecule has 1 N–H and O–H groups in total. The average Bonchev–Trinajstić information content (AvgIpc) is 2.33. The Bertz CT molecular complexity index is 570. The molecule has 0 saturated carbocycles. The Labute approximate surface area is 109 Å². The van der Waals surface area contributed by atoms with Gasteiger partial charge in [0.05, 0.1) is 0 Å². The van der Waals surface area contributed by atoms with Gasteiger partial charge < -0.3 is 5.32 Å². The maximum absolute atomic E-state index is 13.3. The fourth-order valence-electron chi connectivity index (χ4n) is 1.87. The molecule has 18 heavy (non-hydrogen) atoms. The van der Waals surface area contributed by atoms with Crippen molar-refractivity contribution < 1.29 is 8.78 Å². The Morgan fingerprint density at radius 1 is 1.00 bits per heavy atom. The van der Waals surface area contributed by atoms with Crippen LogP contribution in [0.4, 0.5) is 8.78 Å². The summed E-state index contributed by atoms with van der Waals surface area (Å²) in [6.45, 7) is 0.486. The van der Waals surface area contributed by atoms with Gasteiger partial charge in [-0.2, -0.15) is 0 Å². The molecule has 2 aromatic carbocycles. The minimum Gasteiger partial charge on any atom is -0.316 e. The summed E-state index contributed by atoms with van der Waals surface area (Å²) in [7, 11) is 1.77. The van der Waals surface area contributed by atoms with E-state index in [0.717, 1.165) is 11.1 Å². The topological polar surface area (TPSA) is 12.0 Å². The Kier molecular flexibility index (Phi) is 3.94. The molecule has 2 aromatic rings. The molecule has 0 spiro atoms. The molecule has 0 saturated heterocycles. The van der Waals surface area contributed by atoms with Crippen LogP contribution in [0.15, 0.2) is 36.4 Å². The number of hydrogen-bond donors (Lipinski definition) is 1. The van der Waals surface area contributed by atoms with E-state index in [1.807, 2.05) is 0 Å². The highest BCUT2D eigenvalue weighted by molar-refractivity contribution is 6.33. The van der Waals surface area contributed by atoms with E-state index in [2.05, 4.69) is 5.32 Å². The second kappa shape index (κ2) is 5.46. The van der Waals surface area contributed by atoms with Gasteiger partial charge in [-0.1, -0.05) is 17.7 Å². The van der Waals surface area contributed by atoms with Gasteiger partial charge in [0.15, 0.2) is 0 Å². The average molecular weight is 268 g/mol. The van der Waals surface area contributed by atoms with Crippen LogP contribution in [0.5, 0.6) is 0 Å². The standard InChI is InChI=1S/C14H12ClF2N/c1-18-8-9-6-10(16)2-4-12(9)13-7-11(17)3-5-14(13)15/h2-7,18H,8H2,1H3. The van der Waals surface area contributed by atoms with Crippen molar-refractivity contribution in [2.75, 3.05) is 7.05 Å². The van der Waals surface area contributed by atoms with E-state index < -0.39 is 0 Å². The quantitative estimate of drug-likeness (QED) is 0.886. The van der Waals surface area contributed by atoms with Gasteiger partial charge in [-0.25, -0.2) is 8.78 Å². The fourth-order valence-corrected chi connectivity index (χ4v) is 2.08. The van der Waals surface area contributed by atoms with Crippen molar-refractivity contribution in [1.82, 2.24) is 5.32 Å². The van der Waals surface area contributed by atoms with Gasteiger partial charge in [-0.05, 0) is 48.5 Å². The van der Waals surface area contributed by atoms with Gasteiger partial charge in [0.2, 0.25) is 0 Å². The van der Waals surface area contributed by atoms with Crippen LogP contribution in [-0.2, 0) is 6.54 Å². The number of rotatable bonds is 3. The Balaban J connectivity index is 2.58. The van der Waals surface area contributed by atoms with E-state index in [-0.39, 0.29) is 11.6 Å². The van der Waals surface area contributed by atoms with Crippen LogP contribution in [0.25, 0.3) is 11.1 Å². The summed E-state index contributed by atoms with van der Waals surface area (Å²) >= 11 is 6.06. The molecule has 94 valence electrons.